The van der Waals surface area contributed by atoms with E-state index in [2.05, 4.69) is 38.7 Å². The Hall–Kier alpha value is -2.23. The number of anilines is 1. The van der Waals surface area contributed by atoms with Crippen LogP contribution in [0.4, 0.5) is 5.69 Å². The summed E-state index contributed by atoms with van der Waals surface area (Å²) in [5.41, 5.74) is 3.44. The van der Waals surface area contributed by atoms with E-state index in [0.29, 0.717) is 0 Å². The molecule has 3 rings (SSSR count). The van der Waals surface area contributed by atoms with Crippen LogP contribution in [0.2, 0.25) is 0 Å². The smallest absolute Gasteiger partial charge is 0.0726 e. The number of rotatable bonds is 3. The highest BCUT2D eigenvalue weighted by Crippen LogP contribution is 2.18. The third-order valence-corrected chi connectivity index (χ3v) is 2.66. The largest absolute Gasteiger partial charge is 0.378 e. The van der Waals surface area contributed by atoms with Gasteiger partial charge in [0.25, 0.3) is 0 Å². The minimum atomic E-state index is 0.795. The summed E-state index contributed by atoms with van der Waals surface area (Å²) in [6.07, 6.45) is 5.65. The summed E-state index contributed by atoms with van der Waals surface area (Å²) in [6, 6.07) is 8.29. The molecule has 0 aliphatic heterocycles. The number of benzene rings is 1. The molecular formula is C12H12N4. The first-order valence-corrected chi connectivity index (χ1v) is 5.21. The zero-order chi connectivity index (χ0) is 10.8. The molecule has 0 bridgehead atoms. The average molecular weight is 212 g/mol. The lowest BCUT2D eigenvalue weighted by Gasteiger charge is -2.01. The molecule has 0 fully saturated rings. The molecule has 2 aromatic heterocycles. The Balaban J connectivity index is 1.84. The van der Waals surface area contributed by atoms with Crippen molar-refractivity contribution in [3.8, 4) is 0 Å². The van der Waals surface area contributed by atoms with Crippen molar-refractivity contribution in [3.63, 3.8) is 0 Å². The first kappa shape index (κ1) is 9.03. The summed E-state index contributed by atoms with van der Waals surface area (Å²) >= 11 is 0. The molecule has 16 heavy (non-hydrogen) atoms. The monoisotopic (exact) mass is 212 g/mol. The zero-order valence-electron chi connectivity index (χ0n) is 8.70. The molecule has 3 aromatic rings. The van der Waals surface area contributed by atoms with Gasteiger partial charge in [0.05, 0.1) is 11.9 Å². The van der Waals surface area contributed by atoms with Crippen molar-refractivity contribution in [1.82, 2.24) is 15.2 Å². The molecule has 0 spiro atoms. The van der Waals surface area contributed by atoms with Crippen LogP contribution in [0.3, 0.4) is 0 Å². The number of para-hydroxylation sites is 1. The Kier molecular flexibility index (Phi) is 2.11. The molecule has 4 nitrogen and oxygen atoms in total. The normalized spacial score (nSPS) is 10.8. The van der Waals surface area contributed by atoms with E-state index in [1.54, 1.807) is 6.20 Å². The van der Waals surface area contributed by atoms with Gasteiger partial charge in [-0.15, -0.1) is 0 Å². The van der Waals surface area contributed by atoms with Crippen LogP contribution in [0.15, 0.2) is 42.9 Å². The Bertz CT molecular complexity index is 580. The molecule has 0 aliphatic carbocycles. The van der Waals surface area contributed by atoms with E-state index in [0.717, 1.165) is 12.2 Å². The van der Waals surface area contributed by atoms with E-state index in [4.69, 9.17) is 0 Å². The quantitative estimate of drug-likeness (QED) is 0.624. The van der Waals surface area contributed by atoms with E-state index in [1.807, 2.05) is 18.5 Å². The number of hydrogen-bond acceptors (Lipinski definition) is 2. The minimum Gasteiger partial charge on any atom is -0.378 e. The van der Waals surface area contributed by atoms with E-state index in [-0.39, 0.29) is 0 Å². The molecule has 3 N–H and O–H groups in total. The fourth-order valence-electron chi connectivity index (χ4n) is 1.82. The molecule has 1 aromatic carbocycles. The molecule has 0 saturated heterocycles. The molecule has 0 radical (unpaired) electrons. The highest BCUT2D eigenvalue weighted by Gasteiger charge is 2.02. The lowest BCUT2D eigenvalue weighted by Crippen LogP contribution is -1.96. The molecule has 0 atom stereocenters. The maximum atomic E-state index is 3.89. The van der Waals surface area contributed by atoms with Gasteiger partial charge in [-0.3, -0.25) is 5.10 Å². The SMILES string of the molecule is c1ccc2c(CNc3cn[nH]c3)c[nH]c2c1. The third kappa shape index (κ3) is 1.54. The van der Waals surface area contributed by atoms with Crippen molar-refractivity contribution in [2.24, 2.45) is 0 Å². The summed E-state index contributed by atoms with van der Waals surface area (Å²) in [5.74, 6) is 0. The molecule has 0 saturated carbocycles. The zero-order valence-corrected chi connectivity index (χ0v) is 8.70. The van der Waals surface area contributed by atoms with Gasteiger partial charge in [0.15, 0.2) is 0 Å². The third-order valence-electron chi connectivity index (χ3n) is 2.66. The maximum Gasteiger partial charge on any atom is 0.0726 e. The second kappa shape index (κ2) is 3.73. The predicted molar refractivity (Wildman–Crippen MR) is 64.2 cm³/mol. The van der Waals surface area contributed by atoms with Crippen molar-refractivity contribution in [2.75, 3.05) is 5.32 Å². The van der Waals surface area contributed by atoms with E-state index in [1.165, 1.54) is 16.5 Å². The van der Waals surface area contributed by atoms with Crippen molar-refractivity contribution in [3.05, 3.63) is 48.4 Å². The fourth-order valence-corrected chi connectivity index (χ4v) is 1.82. The van der Waals surface area contributed by atoms with Crippen LogP contribution in [0.5, 0.6) is 0 Å². The Labute approximate surface area is 92.7 Å². The van der Waals surface area contributed by atoms with Crippen molar-refractivity contribution >= 4 is 16.6 Å². The Morgan fingerprint density at radius 1 is 1.19 bits per heavy atom. The lowest BCUT2D eigenvalue weighted by molar-refractivity contribution is 1.09. The van der Waals surface area contributed by atoms with Crippen LogP contribution < -0.4 is 5.32 Å². The number of aromatic nitrogens is 3. The molecule has 0 amide bonds. The molecule has 4 heteroatoms. The van der Waals surface area contributed by atoms with Gasteiger partial charge in [-0.2, -0.15) is 5.10 Å². The summed E-state index contributed by atoms with van der Waals surface area (Å²) in [7, 11) is 0. The average Bonchev–Trinajstić information content (AvgIpc) is 2.96. The summed E-state index contributed by atoms with van der Waals surface area (Å²) < 4.78 is 0. The van der Waals surface area contributed by atoms with Crippen molar-refractivity contribution in [1.29, 1.82) is 0 Å². The van der Waals surface area contributed by atoms with Gasteiger partial charge in [-0.25, -0.2) is 0 Å². The second-order valence-corrected chi connectivity index (χ2v) is 3.70. The Morgan fingerprint density at radius 2 is 2.12 bits per heavy atom. The minimum absolute atomic E-state index is 0.795. The first-order valence-electron chi connectivity index (χ1n) is 5.21. The highest BCUT2D eigenvalue weighted by molar-refractivity contribution is 5.83. The number of nitrogens with zero attached hydrogens (tertiary/aromatic N) is 1. The highest BCUT2D eigenvalue weighted by atomic mass is 15.1. The molecule has 0 unspecified atom stereocenters. The number of aromatic amines is 2. The summed E-state index contributed by atoms with van der Waals surface area (Å²) in [6.45, 7) is 0.795. The standard InChI is InChI=1S/C12H12N4/c1-2-4-12-11(3-1)9(6-14-12)5-13-10-7-15-16-8-10/h1-4,6-8,13-14H,5H2,(H,15,16). The van der Waals surface area contributed by atoms with Gasteiger partial charge >= 0.3 is 0 Å². The van der Waals surface area contributed by atoms with Crippen LogP contribution >= 0.6 is 0 Å². The predicted octanol–water partition coefficient (Wildman–Crippen LogP) is 2.50. The number of nitrogens with one attached hydrogen (secondary N) is 3. The molecular weight excluding hydrogens is 200 g/mol. The lowest BCUT2D eigenvalue weighted by atomic mass is 10.2. The summed E-state index contributed by atoms with van der Waals surface area (Å²) in [4.78, 5) is 3.25. The van der Waals surface area contributed by atoms with Gasteiger partial charge in [0.2, 0.25) is 0 Å². The van der Waals surface area contributed by atoms with Gasteiger partial charge in [-0.1, -0.05) is 18.2 Å². The number of hydrogen-bond donors (Lipinski definition) is 3. The van der Waals surface area contributed by atoms with Gasteiger partial charge in [0, 0.05) is 29.8 Å². The van der Waals surface area contributed by atoms with Crippen molar-refractivity contribution < 1.29 is 0 Å². The van der Waals surface area contributed by atoms with Crippen LogP contribution in [-0.2, 0) is 6.54 Å². The second-order valence-electron chi connectivity index (χ2n) is 3.70. The topological polar surface area (TPSA) is 56.5 Å². The molecule has 2 heterocycles. The van der Waals surface area contributed by atoms with Crippen molar-refractivity contribution in [2.45, 2.75) is 6.54 Å². The van der Waals surface area contributed by atoms with Crippen LogP contribution in [0.1, 0.15) is 5.56 Å². The maximum absolute atomic E-state index is 3.89. The summed E-state index contributed by atoms with van der Waals surface area (Å²) in [5, 5.41) is 11.2. The number of fused-ring (bicyclic) bond motifs is 1. The molecule has 0 aliphatic rings. The number of H-pyrrole nitrogens is 2. The van der Waals surface area contributed by atoms with Gasteiger partial charge in [-0.05, 0) is 11.6 Å². The van der Waals surface area contributed by atoms with Gasteiger partial charge < -0.3 is 10.3 Å². The van der Waals surface area contributed by atoms with Crippen LogP contribution in [0.25, 0.3) is 10.9 Å². The Morgan fingerprint density at radius 3 is 3.00 bits per heavy atom. The molecule has 80 valence electrons. The van der Waals surface area contributed by atoms with Crippen LogP contribution in [0, 0.1) is 0 Å². The van der Waals surface area contributed by atoms with E-state index in [9.17, 15) is 0 Å². The first-order chi connectivity index (χ1) is 7.93. The van der Waals surface area contributed by atoms with E-state index >= 15 is 0 Å². The van der Waals surface area contributed by atoms with Crippen LogP contribution in [-0.4, -0.2) is 15.2 Å². The van der Waals surface area contributed by atoms with E-state index < -0.39 is 0 Å². The van der Waals surface area contributed by atoms with Gasteiger partial charge in [0.1, 0.15) is 0 Å². The fraction of sp³-hybridized carbons (Fsp3) is 0.0833.